The van der Waals surface area contributed by atoms with Crippen LogP contribution in [0.4, 0.5) is 0 Å². The number of nitrogens with zero attached hydrogens (tertiary/aromatic N) is 3. The van der Waals surface area contributed by atoms with Crippen LogP contribution in [0, 0.1) is 6.92 Å². The van der Waals surface area contributed by atoms with Gasteiger partial charge in [0.15, 0.2) is 11.0 Å². The molecule has 2 heterocycles. The highest BCUT2D eigenvalue weighted by molar-refractivity contribution is 7.98. The molecular formula is C22H19Cl2N3S2. The zero-order valence-electron chi connectivity index (χ0n) is 16.0. The summed E-state index contributed by atoms with van der Waals surface area (Å²) in [4.78, 5) is 1.28. The van der Waals surface area contributed by atoms with E-state index in [4.69, 9.17) is 23.2 Å². The van der Waals surface area contributed by atoms with E-state index in [1.54, 1.807) is 23.1 Å². The maximum absolute atomic E-state index is 6.14. The summed E-state index contributed by atoms with van der Waals surface area (Å²) >= 11 is 15.6. The molecule has 148 valence electrons. The summed E-state index contributed by atoms with van der Waals surface area (Å²) in [6.07, 6.45) is 0. The van der Waals surface area contributed by atoms with Crippen molar-refractivity contribution in [3.8, 4) is 22.5 Å². The molecule has 0 aliphatic carbocycles. The topological polar surface area (TPSA) is 30.7 Å². The quantitative estimate of drug-likeness (QED) is 0.278. The van der Waals surface area contributed by atoms with Gasteiger partial charge in [0, 0.05) is 33.7 Å². The van der Waals surface area contributed by atoms with Gasteiger partial charge in [-0.1, -0.05) is 71.4 Å². The van der Waals surface area contributed by atoms with Crippen molar-refractivity contribution in [3.63, 3.8) is 0 Å². The van der Waals surface area contributed by atoms with E-state index in [-0.39, 0.29) is 0 Å². The van der Waals surface area contributed by atoms with E-state index in [2.05, 4.69) is 58.3 Å². The number of benzene rings is 2. The average Bonchev–Trinajstić information content (AvgIpc) is 3.32. The summed E-state index contributed by atoms with van der Waals surface area (Å²) in [6.45, 7) is 5.08. The second-order valence-electron chi connectivity index (χ2n) is 6.53. The first kappa shape index (κ1) is 20.5. The van der Waals surface area contributed by atoms with Crippen LogP contribution < -0.4 is 0 Å². The maximum Gasteiger partial charge on any atom is 0.191 e. The highest BCUT2D eigenvalue weighted by Gasteiger charge is 2.20. The van der Waals surface area contributed by atoms with Crippen LogP contribution in [0.5, 0.6) is 0 Å². The van der Waals surface area contributed by atoms with Gasteiger partial charge in [-0.3, -0.25) is 0 Å². The van der Waals surface area contributed by atoms with Crippen LogP contribution in [0.1, 0.15) is 17.4 Å². The lowest BCUT2D eigenvalue weighted by Gasteiger charge is -2.09. The van der Waals surface area contributed by atoms with Crippen molar-refractivity contribution < 1.29 is 0 Å². The number of hydrogen-bond acceptors (Lipinski definition) is 4. The van der Waals surface area contributed by atoms with Crippen LogP contribution in [0.15, 0.2) is 59.1 Å². The predicted octanol–water partition coefficient (Wildman–Crippen LogP) is 7.60. The second kappa shape index (κ2) is 8.92. The first-order valence-corrected chi connectivity index (χ1v) is 11.8. The molecule has 4 rings (SSSR count). The van der Waals surface area contributed by atoms with Crippen molar-refractivity contribution in [2.45, 2.75) is 31.3 Å². The number of thioether (sulfide) groups is 1. The summed E-state index contributed by atoms with van der Waals surface area (Å²) in [7, 11) is 0. The Labute approximate surface area is 188 Å². The van der Waals surface area contributed by atoms with Gasteiger partial charge in [0.1, 0.15) is 0 Å². The fraction of sp³-hybridized carbons (Fsp3) is 0.182. The molecule has 29 heavy (non-hydrogen) atoms. The highest BCUT2D eigenvalue weighted by Crippen LogP contribution is 2.39. The van der Waals surface area contributed by atoms with Crippen LogP contribution in [-0.4, -0.2) is 14.8 Å². The minimum Gasteiger partial charge on any atom is -0.302 e. The van der Waals surface area contributed by atoms with Crippen LogP contribution in [0.2, 0.25) is 10.0 Å². The molecule has 0 saturated carbocycles. The van der Waals surface area contributed by atoms with Gasteiger partial charge in [-0.2, -0.15) is 0 Å². The number of aromatic nitrogens is 3. The Morgan fingerprint density at radius 1 is 1.03 bits per heavy atom. The number of hydrogen-bond donors (Lipinski definition) is 0. The molecule has 2 aromatic carbocycles. The largest absolute Gasteiger partial charge is 0.302 e. The Morgan fingerprint density at radius 3 is 2.55 bits per heavy atom. The predicted molar refractivity (Wildman–Crippen MR) is 125 cm³/mol. The van der Waals surface area contributed by atoms with Crippen molar-refractivity contribution in [1.29, 1.82) is 0 Å². The maximum atomic E-state index is 6.14. The number of thiophene rings is 1. The fourth-order valence-corrected chi connectivity index (χ4v) is 5.37. The molecule has 0 N–H and O–H groups in total. The van der Waals surface area contributed by atoms with Crippen LogP contribution >= 0.6 is 46.3 Å². The van der Waals surface area contributed by atoms with E-state index < -0.39 is 0 Å². The van der Waals surface area contributed by atoms with Crippen LogP contribution in [0.3, 0.4) is 0 Å². The van der Waals surface area contributed by atoms with Crippen molar-refractivity contribution in [2.75, 3.05) is 0 Å². The fourth-order valence-electron chi connectivity index (χ4n) is 3.24. The Balaban J connectivity index is 1.66. The van der Waals surface area contributed by atoms with Gasteiger partial charge in [0.05, 0.1) is 10.0 Å². The molecule has 3 nitrogen and oxygen atoms in total. The van der Waals surface area contributed by atoms with Crippen molar-refractivity contribution in [1.82, 2.24) is 14.8 Å². The van der Waals surface area contributed by atoms with Gasteiger partial charge in [-0.25, -0.2) is 0 Å². The van der Waals surface area contributed by atoms with Crippen molar-refractivity contribution in [2.24, 2.45) is 0 Å². The van der Waals surface area contributed by atoms with Crippen LogP contribution in [-0.2, 0) is 12.3 Å². The van der Waals surface area contributed by atoms with Gasteiger partial charge in [-0.15, -0.1) is 21.5 Å². The van der Waals surface area contributed by atoms with E-state index in [1.807, 2.05) is 24.3 Å². The molecule has 0 spiro atoms. The first-order valence-electron chi connectivity index (χ1n) is 9.22. The highest BCUT2D eigenvalue weighted by atomic mass is 35.5. The third-order valence-corrected chi connectivity index (χ3v) is 7.35. The first-order chi connectivity index (χ1) is 14.1. The summed E-state index contributed by atoms with van der Waals surface area (Å²) < 4.78 is 2.18. The van der Waals surface area contributed by atoms with Gasteiger partial charge in [0.2, 0.25) is 0 Å². The van der Waals surface area contributed by atoms with E-state index in [0.29, 0.717) is 10.0 Å². The average molecular weight is 460 g/mol. The summed E-state index contributed by atoms with van der Waals surface area (Å²) in [5, 5.41) is 13.3. The Kier molecular flexibility index (Phi) is 6.30. The number of rotatable bonds is 6. The molecule has 0 aliphatic heterocycles. The lowest BCUT2D eigenvalue weighted by atomic mass is 10.0. The van der Waals surface area contributed by atoms with Crippen molar-refractivity contribution >= 4 is 46.3 Å². The minimum absolute atomic E-state index is 0.570. The molecule has 0 saturated heterocycles. The summed E-state index contributed by atoms with van der Waals surface area (Å²) in [5.74, 6) is 1.66. The minimum atomic E-state index is 0.570. The monoisotopic (exact) mass is 459 g/mol. The molecule has 0 amide bonds. The Bertz CT molecular complexity index is 1140. The Hall–Kier alpha value is -1.79. The summed E-state index contributed by atoms with van der Waals surface area (Å²) in [6, 6.07) is 16.2. The zero-order chi connectivity index (χ0) is 20.4. The van der Waals surface area contributed by atoms with Gasteiger partial charge >= 0.3 is 0 Å². The van der Waals surface area contributed by atoms with E-state index in [1.165, 1.54) is 16.0 Å². The molecule has 0 fully saturated rings. The lowest BCUT2D eigenvalue weighted by Crippen LogP contribution is -2.00. The lowest BCUT2D eigenvalue weighted by molar-refractivity contribution is 0.687. The molecule has 0 unspecified atom stereocenters. The summed E-state index contributed by atoms with van der Waals surface area (Å²) in [5.41, 5.74) is 4.68. The van der Waals surface area contributed by atoms with Gasteiger partial charge < -0.3 is 4.57 Å². The molecule has 7 heteroatoms. The number of aryl methyl sites for hydroxylation is 1. The van der Waals surface area contributed by atoms with E-state index >= 15 is 0 Å². The standard InChI is InChI=1S/C22H19Cl2N3S2/c1-3-27-21(17-13-28-14(2)20(17)16-7-5-4-6-8-16)25-26-22(27)29-12-15-9-10-18(23)19(24)11-15/h4-11,13H,3,12H2,1-2H3. The molecule has 0 radical (unpaired) electrons. The molecular weight excluding hydrogens is 441 g/mol. The SMILES string of the molecule is CCn1c(SCc2ccc(Cl)c(Cl)c2)nnc1-c1csc(C)c1-c1ccccc1. The Morgan fingerprint density at radius 2 is 1.83 bits per heavy atom. The third kappa shape index (κ3) is 4.24. The molecule has 0 aliphatic rings. The number of halogens is 2. The zero-order valence-corrected chi connectivity index (χ0v) is 19.2. The van der Waals surface area contributed by atoms with Gasteiger partial charge in [0.25, 0.3) is 0 Å². The smallest absolute Gasteiger partial charge is 0.191 e. The molecule has 2 aromatic heterocycles. The van der Waals surface area contributed by atoms with Crippen molar-refractivity contribution in [3.05, 3.63) is 74.4 Å². The molecule has 0 bridgehead atoms. The second-order valence-corrected chi connectivity index (χ2v) is 9.37. The van der Waals surface area contributed by atoms with Crippen LogP contribution in [0.25, 0.3) is 22.5 Å². The van der Waals surface area contributed by atoms with E-state index in [9.17, 15) is 0 Å². The third-order valence-electron chi connectivity index (χ3n) is 4.66. The molecule has 4 aromatic rings. The molecule has 0 atom stereocenters. The normalized spacial score (nSPS) is 11.2. The van der Waals surface area contributed by atoms with Gasteiger partial charge in [-0.05, 0) is 37.1 Å². The van der Waals surface area contributed by atoms with E-state index in [0.717, 1.165) is 34.4 Å².